The van der Waals surface area contributed by atoms with Gasteiger partial charge in [-0.25, -0.2) is 0 Å². The van der Waals surface area contributed by atoms with E-state index in [1.54, 1.807) is 7.11 Å². The van der Waals surface area contributed by atoms with E-state index in [1.807, 2.05) is 12.1 Å². The zero-order valence-corrected chi connectivity index (χ0v) is 13.9. The molecule has 0 saturated carbocycles. The van der Waals surface area contributed by atoms with Crippen molar-refractivity contribution in [1.82, 2.24) is 4.90 Å². The third-order valence-electron chi connectivity index (χ3n) is 3.42. The second-order valence-electron chi connectivity index (χ2n) is 5.99. The number of rotatable bonds is 10. The summed E-state index contributed by atoms with van der Waals surface area (Å²) in [6.45, 7) is 9.35. The summed E-state index contributed by atoms with van der Waals surface area (Å²) < 4.78 is 5.13. The van der Waals surface area contributed by atoms with Crippen LogP contribution in [0.15, 0.2) is 24.3 Å². The van der Waals surface area contributed by atoms with Crippen LogP contribution in [0.4, 0.5) is 0 Å². The molecule has 21 heavy (non-hydrogen) atoms. The molecule has 0 saturated heterocycles. The molecule has 0 aliphatic carbocycles. The van der Waals surface area contributed by atoms with Crippen LogP contribution >= 0.6 is 0 Å². The Bertz CT molecular complexity index is 412. The summed E-state index contributed by atoms with van der Waals surface area (Å²) in [6.07, 6.45) is 2.20. The van der Waals surface area contributed by atoms with Crippen molar-refractivity contribution in [2.75, 3.05) is 33.4 Å². The zero-order valence-electron chi connectivity index (χ0n) is 13.9. The molecule has 0 aromatic heterocycles. The Kier molecular flexibility index (Phi) is 8.24. The van der Waals surface area contributed by atoms with E-state index in [-0.39, 0.29) is 5.78 Å². The van der Waals surface area contributed by atoms with E-state index >= 15 is 0 Å². The molecule has 1 aromatic carbocycles. The second kappa shape index (κ2) is 9.69. The van der Waals surface area contributed by atoms with Gasteiger partial charge in [0, 0.05) is 25.8 Å². The van der Waals surface area contributed by atoms with E-state index in [4.69, 9.17) is 4.74 Å². The molecule has 0 atom stereocenters. The molecule has 0 aliphatic rings. The Morgan fingerprint density at radius 3 is 2.43 bits per heavy atom. The highest BCUT2D eigenvalue weighted by atomic mass is 16.5. The van der Waals surface area contributed by atoms with Gasteiger partial charge < -0.3 is 4.74 Å². The fourth-order valence-electron chi connectivity index (χ4n) is 2.41. The minimum absolute atomic E-state index is 0.190. The van der Waals surface area contributed by atoms with E-state index in [1.165, 1.54) is 5.56 Å². The molecule has 0 N–H and O–H groups in total. The number of ketones is 1. The molecule has 118 valence electrons. The summed E-state index contributed by atoms with van der Waals surface area (Å²) in [6, 6.07) is 8.05. The van der Waals surface area contributed by atoms with Crippen LogP contribution in [-0.2, 0) is 11.2 Å². The second-order valence-corrected chi connectivity index (χ2v) is 5.99. The standard InChI is InChI=1S/C18H29NO2/c1-5-6-16-7-9-17(10-8-16)18(20)14-19(11-12-21-4)13-15(2)3/h7-10,15H,5-6,11-14H2,1-4H3. The number of carbonyl (C=O) groups is 1. The predicted octanol–water partition coefficient (Wildman–Crippen LogP) is 3.43. The lowest BCUT2D eigenvalue weighted by Gasteiger charge is -2.23. The summed E-state index contributed by atoms with van der Waals surface area (Å²) in [5.41, 5.74) is 2.11. The van der Waals surface area contributed by atoms with Crippen LogP contribution in [0.5, 0.6) is 0 Å². The van der Waals surface area contributed by atoms with Crippen molar-refractivity contribution in [3.05, 3.63) is 35.4 Å². The number of aryl methyl sites for hydroxylation is 1. The van der Waals surface area contributed by atoms with Gasteiger partial charge in [0.2, 0.25) is 0 Å². The predicted molar refractivity (Wildman–Crippen MR) is 87.9 cm³/mol. The normalized spacial score (nSPS) is 11.3. The fraction of sp³-hybridized carbons (Fsp3) is 0.611. The first-order valence-corrected chi connectivity index (χ1v) is 7.90. The van der Waals surface area contributed by atoms with Crippen molar-refractivity contribution >= 4 is 5.78 Å². The number of benzene rings is 1. The molecular weight excluding hydrogens is 262 g/mol. The third-order valence-corrected chi connectivity index (χ3v) is 3.42. The molecule has 0 bridgehead atoms. The number of nitrogens with zero attached hydrogens (tertiary/aromatic N) is 1. The van der Waals surface area contributed by atoms with E-state index in [2.05, 4.69) is 37.8 Å². The fourth-order valence-corrected chi connectivity index (χ4v) is 2.41. The van der Waals surface area contributed by atoms with Crippen LogP contribution < -0.4 is 0 Å². The lowest BCUT2D eigenvalue weighted by molar-refractivity contribution is 0.0881. The average molecular weight is 291 g/mol. The van der Waals surface area contributed by atoms with E-state index in [0.29, 0.717) is 19.1 Å². The molecule has 1 rings (SSSR count). The summed E-state index contributed by atoms with van der Waals surface area (Å²) in [4.78, 5) is 14.6. The van der Waals surface area contributed by atoms with Gasteiger partial charge in [-0.3, -0.25) is 9.69 Å². The molecule has 0 amide bonds. The Morgan fingerprint density at radius 1 is 1.24 bits per heavy atom. The largest absolute Gasteiger partial charge is 0.383 e. The van der Waals surface area contributed by atoms with Crippen LogP contribution in [0.3, 0.4) is 0 Å². The maximum atomic E-state index is 12.4. The summed E-state index contributed by atoms with van der Waals surface area (Å²) >= 11 is 0. The molecular formula is C18H29NO2. The van der Waals surface area contributed by atoms with E-state index < -0.39 is 0 Å². The molecule has 3 heteroatoms. The van der Waals surface area contributed by atoms with Gasteiger partial charge in [0.15, 0.2) is 5.78 Å². The summed E-state index contributed by atoms with van der Waals surface area (Å²) in [7, 11) is 1.70. The van der Waals surface area contributed by atoms with E-state index in [0.717, 1.165) is 31.5 Å². The average Bonchev–Trinajstić information content (AvgIpc) is 2.45. The summed E-state index contributed by atoms with van der Waals surface area (Å²) in [5.74, 6) is 0.733. The number of carbonyl (C=O) groups excluding carboxylic acids is 1. The highest BCUT2D eigenvalue weighted by molar-refractivity contribution is 5.97. The van der Waals surface area contributed by atoms with Crippen LogP contribution in [-0.4, -0.2) is 44.0 Å². The van der Waals surface area contributed by atoms with Gasteiger partial charge in [-0.2, -0.15) is 0 Å². The van der Waals surface area contributed by atoms with Crippen LogP contribution in [0, 0.1) is 5.92 Å². The minimum Gasteiger partial charge on any atom is -0.383 e. The first-order chi connectivity index (χ1) is 10.1. The molecule has 0 radical (unpaired) electrons. The van der Waals surface area contributed by atoms with Gasteiger partial charge >= 0.3 is 0 Å². The van der Waals surface area contributed by atoms with Crippen molar-refractivity contribution in [3.8, 4) is 0 Å². The first kappa shape index (κ1) is 17.9. The van der Waals surface area contributed by atoms with Crippen molar-refractivity contribution in [2.24, 2.45) is 5.92 Å². The molecule has 0 spiro atoms. The lowest BCUT2D eigenvalue weighted by atomic mass is 10.0. The van der Waals surface area contributed by atoms with Gasteiger partial charge in [-0.05, 0) is 17.9 Å². The van der Waals surface area contributed by atoms with Crippen LogP contribution in [0.2, 0.25) is 0 Å². The number of ether oxygens (including phenoxy) is 1. The Morgan fingerprint density at radius 2 is 1.90 bits per heavy atom. The van der Waals surface area contributed by atoms with Crippen molar-refractivity contribution in [2.45, 2.75) is 33.6 Å². The quantitative estimate of drug-likeness (QED) is 0.619. The third kappa shape index (κ3) is 6.87. The highest BCUT2D eigenvalue weighted by Crippen LogP contribution is 2.09. The van der Waals surface area contributed by atoms with Gasteiger partial charge in [0.1, 0.15) is 0 Å². The minimum atomic E-state index is 0.190. The molecule has 0 aliphatic heterocycles. The molecule has 0 heterocycles. The number of Topliss-reactive ketones (excluding diaryl/α,β-unsaturated/α-hetero) is 1. The maximum Gasteiger partial charge on any atom is 0.176 e. The van der Waals surface area contributed by atoms with Crippen molar-refractivity contribution in [3.63, 3.8) is 0 Å². The van der Waals surface area contributed by atoms with Gasteiger partial charge in [0.25, 0.3) is 0 Å². The Hall–Kier alpha value is -1.19. The highest BCUT2D eigenvalue weighted by Gasteiger charge is 2.13. The molecule has 1 aromatic rings. The van der Waals surface area contributed by atoms with Crippen LogP contribution in [0.1, 0.15) is 43.1 Å². The number of methoxy groups -OCH3 is 1. The molecule has 0 unspecified atom stereocenters. The van der Waals surface area contributed by atoms with Crippen molar-refractivity contribution < 1.29 is 9.53 Å². The monoisotopic (exact) mass is 291 g/mol. The molecule has 3 nitrogen and oxygen atoms in total. The Balaban J connectivity index is 2.62. The number of hydrogen-bond acceptors (Lipinski definition) is 3. The molecule has 0 fully saturated rings. The first-order valence-electron chi connectivity index (χ1n) is 7.90. The van der Waals surface area contributed by atoms with Crippen LogP contribution in [0.25, 0.3) is 0 Å². The zero-order chi connectivity index (χ0) is 15.7. The number of hydrogen-bond donors (Lipinski definition) is 0. The van der Waals surface area contributed by atoms with Crippen molar-refractivity contribution in [1.29, 1.82) is 0 Å². The topological polar surface area (TPSA) is 29.5 Å². The van der Waals surface area contributed by atoms with E-state index in [9.17, 15) is 4.79 Å². The smallest absolute Gasteiger partial charge is 0.176 e. The van der Waals surface area contributed by atoms with Gasteiger partial charge in [-0.1, -0.05) is 51.5 Å². The van der Waals surface area contributed by atoms with Gasteiger partial charge in [0.05, 0.1) is 13.2 Å². The SMILES string of the molecule is CCCc1ccc(C(=O)CN(CCOC)CC(C)C)cc1. The van der Waals surface area contributed by atoms with Gasteiger partial charge in [-0.15, -0.1) is 0 Å². The summed E-state index contributed by atoms with van der Waals surface area (Å²) in [5, 5.41) is 0. The maximum absolute atomic E-state index is 12.4. The Labute approximate surface area is 129 Å². The lowest BCUT2D eigenvalue weighted by Crippen LogP contribution is -2.35.